The molecule has 1 saturated heterocycles. The van der Waals surface area contributed by atoms with E-state index < -0.39 is 127 Å². The quantitative estimate of drug-likeness (QED) is 0.0747. The Morgan fingerprint density at radius 2 is 1.24 bits per heavy atom. The van der Waals surface area contributed by atoms with Crippen molar-refractivity contribution in [2.45, 2.75) is 121 Å². The molecule has 17 N–H and O–H groups in total. The average Bonchev–Trinajstić information content (AvgIpc) is 3.74. The van der Waals surface area contributed by atoms with Crippen molar-refractivity contribution in [1.82, 2.24) is 52.8 Å². The van der Waals surface area contributed by atoms with Gasteiger partial charge < -0.3 is 79.7 Å². The third-order valence-electron chi connectivity index (χ3n) is 10.6. The van der Waals surface area contributed by atoms with Crippen LogP contribution in [0.15, 0.2) is 41.0 Å². The van der Waals surface area contributed by atoms with Gasteiger partial charge >= 0.3 is 0 Å². The lowest BCUT2D eigenvalue weighted by molar-refractivity contribution is -0.136. The number of benzene rings is 1. The van der Waals surface area contributed by atoms with Crippen LogP contribution < -0.4 is 65.1 Å². The molecule has 9 atom stereocenters. The molecule has 1 unspecified atom stereocenters. The van der Waals surface area contributed by atoms with Gasteiger partial charge in [-0.3, -0.25) is 43.2 Å². The summed E-state index contributed by atoms with van der Waals surface area (Å²) < 4.78 is 5.04. The summed E-state index contributed by atoms with van der Waals surface area (Å²) in [6, 6.07) is -3.08. The van der Waals surface area contributed by atoms with Crippen molar-refractivity contribution in [2.75, 3.05) is 32.8 Å². The molecule has 0 saturated carbocycles. The first kappa shape index (κ1) is 55.8. The Morgan fingerprint density at radius 1 is 0.735 bits per heavy atom. The molecule has 1 aromatic heterocycles. The van der Waals surface area contributed by atoms with Gasteiger partial charge in [-0.1, -0.05) is 44.2 Å². The van der Waals surface area contributed by atoms with Gasteiger partial charge in [-0.2, -0.15) is 0 Å². The summed E-state index contributed by atoms with van der Waals surface area (Å²) in [7, 11) is 0. The van der Waals surface area contributed by atoms with Crippen LogP contribution in [0.25, 0.3) is 0 Å². The monoisotopic (exact) mass is 958 g/mol. The molecule has 0 radical (unpaired) electrons. The van der Waals surface area contributed by atoms with Gasteiger partial charge in [0.2, 0.25) is 47.3 Å². The van der Waals surface area contributed by atoms with E-state index in [9.17, 15) is 53.4 Å². The number of nitrogens with two attached hydrogens (primary N) is 3. The second kappa shape index (κ2) is 27.9. The first-order valence-corrected chi connectivity index (χ1v) is 22.4. The largest absolute Gasteiger partial charge is 0.448 e. The maximum atomic E-state index is 14.2. The summed E-state index contributed by atoms with van der Waals surface area (Å²) in [5.74, 6) is -8.20. The van der Waals surface area contributed by atoms with Crippen molar-refractivity contribution in [3.63, 3.8) is 0 Å². The van der Waals surface area contributed by atoms with Crippen molar-refractivity contribution in [1.29, 1.82) is 0 Å². The predicted molar refractivity (Wildman–Crippen MR) is 243 cm³/mol. The molecule has 25 heteroatoms. The summed E-state index contributed by atoms with van der Waals surface area (Å²) in [4.78, 5) is 128. The lowest BCUT2D eigenvalue weighted by Crippen LogP contribution is -2.61. The Hall–Kier alpha value is -6.54. The van der Waals surface area contributed by atoms with Crippen molar-refractivity contribution in [2.24, 2.45) is 23.1 Å². The lowest BCUT2D eigenvalue weighted by Gasteiger charge is -2.28. The van der Waals surface area contributed by atoms with Gasteiger partial charge in [0.05, 0.1) is 12.7 Å². The van der Waals surface area contributed by atoms with Crippen molar-refractivity contribution in [3.8, 4) is 0 Å². The van der Waals surface area contributed by atoms with Crippen LogP contribution >= 0.6 is 0 Å². The fourth-order valence-electron chi connectivity index (χ4n) is 6.97. The van der Waals surface area contributed by atoms with E-state index >= 15 is 0 Å². The van der Waals surface area contributed by atoms with Gasteiger partial charge in [-0.25, -0.2) is 4.98 Å². The standard InChI is InChI=1S/C43H67N13O12/c1-22(2)18-30-39(63)51-26(10-14-44)35(59)50-28(12-16-46)38(62)56-34(23(3)58)43(67)47-17-13-29(52-41(65)32(20-57)55-42(66)33-21-68-24(4)48-33)37(61)49-27(11-15-45)36(60)54-31(40(64)53-30)19-25-8-6-5-7-9-25/h5-9,21-23,26-32,34,57-58H,10-20,44-46H2,1-4H3,(H,47,67)(H,49,61)(H,50,59)(H,51,63)(H,52,65)(H,53,64)(H,54,60)(H,55,66)(H,56,62)/t23-,26+,27+,28+,29+,30?,31-,32-,34+/m1/s1. The molecule has 9 amide bonds. The normalized spacial score (nSPS) is 23.9. The molecular weight excluding hydrogens is 891 g/mol. The summed E-state index contributed by atoms with van der Waals surface area (Å²) in [6.07, 6.45) is -1.37. The van der Waals surface area contributed by atoms with Crippen molar-refractivity contribution in [3.05, 3.63) is 53.7 Å². The minimum atomic E-state index is -1.65. The van der Waals surface area contributed by atoms with Gasteiger partial charge in [-0.05, 0) is 70.1 Å². The number of aryl methyl sites for hydroxylation is 1. The molecule has 0 spiro atoms. The second-order valence-electron chi connectivity index (χ2n) is 16.7. The number of aliphatic hydroxyl groups is 2. The predicted octanol–water partition coefficient (Wildman–Crippen LogP) is -5.30. The summed E-state index contributed by atoms with van der Waals surface area (Å²) in [5.41, 5.74) is 17.9. The molecule has 25 nitrogen and oxygen atoms in total. The zero-order valence-electron chi connectivity index (χ0n) is 38.7. The number of nitrogens with one attached hydrogen (secondary N) is 9. The van der Waals surface area contributed by atoms with E-state index in [1.54, 1.807) is 44.2 Å². The minimum absolute atomic E-state index is 0.0706. The Bertz CT molecular complexity index is 2040. The Kier molecular flexibility index (Phi) is 22.9. The van der Waals surface area contributed by atoms with Crippen LogP contribution in [0.2, 0.25) is 0 Å². The van der Waals surface area contributed by atoms with Crippen LogP contribution in [0.4, 0.5) is 0 Å². The Labute approximate surface area is 393 Å². The van der Waals surface area contributed by atoms with Crippen LogP contribution in [0.1, 0.15) is 74.8 Å². The van der Waals surface area contributed by atoms with E-state index in [1.807, 2.05) is 0 Å². The molecule has 1 aliphatic heterocycles. The highest BCUT2D eigenvalue weighted by molar-refractivity contribution is 5.99. The smallest absolute Gasteiger partial charge is 0.273 e. The van der Waals surface area contributed by atoms with E-state index in [0.29, 0.717) is 5.56 Å². The number of oxazole rings is 1. The SMILES string of the molecule is Cc1nc(C(=O)N[C@H](CO)C(=O)N[C@H]2CCNC(=O)[C@H]([C@@H](C)O)NC(=O)[C@H](CCN)NC(=O)[C@H](CCN)NC(=O)C(CC(C)C)NC(=O)[C@@H](Cc3ccccc3)NC(=O)[C@H](CCN)NC2=O)co1. The van der Waals surface area contributed by atoms with E-state index in [-0.39, 0.29) is 69.2 Å². The first-order valence-electron chi connectivity index (χ1n) is 22.4. The highest BCUT2D eigenvalue weighted by Gasteiger charge is 2.36. The van der Waals surface area contributed by atoms with Gasteiger partial charge in [0.15, 0.2) is 11.6 Å². The zero-order valence-corrected chi connectivity index (χ0v) is 38.7. The molecule has 2 heterocycles. The molecule has 68 heavy (non-hydrogen) atoms. The fraction of sp³-hybridized carbons (Fsp3) is 0.581. The van der Waals surface area contributed by atoms with Gasteiger partial charge in [0.25, 0.3) is 5.91 Å². The minimum Gasteiger partial charge on any atom is -0.448 e. The van der Waals surface area contributed by atoms with Crippen molar-refractivity contribution < 1.29 is 57.8 Å². The van der Waals surface area contributed by atoms with Gasteiger partial charge in [-0.15, -0.1) is 0 Å². The number of carbonyl (C=O) groups excluding carboxylic acids is 9. The van der Waals surface area contributed by atoms with E-state index in [1.165, 1.54) is 13.8 Å². The molecule has 376 valence electrons. The van der Waals surface area contributed by atoms with Crippen LogP contribution in [-0.2, 0) is 44.8 Å². The maximum Gasteiger partial charge on any atom is 0.273 e. The van der Waals surface area contributed by atoms with Crippen LogP contribution in [0.5, 0.6) is 0 Å². The summed E-state index contributed by atoms with van der Waals surface area (Å²) in [6.45, 7) is 4.54. The molecule has 1 aliphatic rings. The number of amides is 9. The fourth-order valence-corrected chi connectivity index (χ4v) is 6.97. The highest BCUT2D eigenvalue weighted by Crippen LogP contribution is 2.11. The molecule has 2 aromatic rings. The summed E-state index contributed by atoms with van der Waals surface area (Å²) >= 11 is 0. The summed E-state index contributed by atoms with van der Waals surface area (Å²) in [5, 5.41) is 43.3. The maximum absolute atomic E-state index is 14.2. The average molecular weight is 958 g/mol. The van der Waals surface area contributed by atoms with E-state index in [0.717, 1.165) is 6.26 Å². The lowest BCUT2D eigenvalue weighted by atomic mass is 10.00. The number of rotatable bonds is 16. The number of hydrogen-bond acceptors (Lipinski definition) is 16. The zero-order chi connectivity index (χ0) is 50.5. The van der Waals surface area contributed by atoms with E-state index in [2.05, 4.69) is 52.8 Å². The topological polar surface area (TPSA) is 406 Å². The molecule has 0 aliphatic carbocycles. The highest BCUT2D eigenvalue weighted by atomic mass is 16.3. The number of carbonyl (C=O) groups is 9. The Balaban J connectivity index is 2.10. The third-order valence-corrected chi connectivity index (χ3v) is 10.6. The molecular formula is C43H67N13O12. The molecule has 1 aromatic carbocycles. The number of aromatic nitrogens is 1. The van der Waals surface area contributed by atoms with Crippen molar-refractivity contribution >= 4 is 53.2 Å². The van der Waals surface area contributed by atoms with E-state index in [4.69, 9.17) is 21.6 Å². The second-order valence-corrected chi connectivity index (χ2v) is 16.7. The molecule has 3 rings (SSSR count). The van der Waals surface area contributed by atoms with Crippen LogP contribution in [0, 0.1) is 12.8 Å². The first-order chi connectivity index (χ1) is 32.3. The van der Waals surface area contributed by atoms with Crippen LogP contribution in [-0.4, -0.2) is 156 Å². The number of aliphatic hydroxyl groups excluding tert-OH is 2. The Morgan fingerprint density at radius 3 is 1.74 bits per heavy atom. The van der Waals surface area contributed by atoms with Gasteiger partial charge in [0, 0.05) is 19.9 Å². The number of nitrogens with zero attached hydrogens (tertiary/aromatic N) is 1. The molecule has 1 fully saturated rings. The van der Waals surface area contributed by atoms with Crippen LogP contribution in [0.3, 0.4) is 0 Å². The third kappa shape index (κ3) is 17.6. The number of hydrogen-bond donors (Lipinski definition) is 14. The molecule has 0 bridgehead atoms. The van der Waals surface area contributed by atoms with Gasteiger partial charge in [0.1, 0.15) is 54.6 Å².